The van der Waals surface area contributed by atoms with Gasteiger partial charge in [-0.3, -0.25) is 4.79 Å². The van der Waals surface area contributed by atoms with Gasteiger partial charge in [-0.2, -0.15) is 11.8 Å². The van der Waals surface area contributed by atoms with Crippen molar-refractivity contribution in [1.29, 1.82) is 0 Å². The summed E-state index contributed by atoms with van der Waals surface area (Å²) >= 11 is 1.95. The largest absolute Gasteiger partial charge is 0.465 e. The van der Waals surface area contributed by atoms with Gasteiger partial charge in [0.15, 0.2) is 0 Å². The Morgan fingerprint density at radius 3 is 2.70 bits per heavy atom. The molecule has 1 saturated heterocycles. The van der Waals surface area contributed by atoms with Crippen LogP contribution in [0.5, 0.6) is 0 Å². The summed E-state index contributed by atoms with van der Waals surface area (Å²) in [4.78, 5) is 23.7. The molecule has 0 aliphatic carbocycles. The normalized spacial score (nSPS) is 15.7. The lowest BCUT2D eigenvalue weighted by molar-refractivity contribution is -0.117. The Bertz CT molecular complexity index is 484. The van der Waals surface area contributed by atoms with E-state index < -0.39 is 5.97 Å². The van der Waals surface area contributed by atoms with Crippen LogP contribution >= 0.6 is 11.8 Å². The Morgan fingerprint density at radius 1 is 1.30 bits per heavy atom. The quantitative estimate of drug-likeness (QED) is 0.867. The van der Waals surface area contributed by atoms with Crippen LogP contribution in [0.4, 0.5) is 5.69 Å². The Hall–Kier alpha value is -1.49. The molecule has 1 heterocycles. The summed E-state index contributed by atoms with van der Waals surface area (Å²) in [6, 6.07) is 6.92. The Labute approximate surface area is 123 Å². The molecule has 0 aromatic heterocycles. The molecule has 20 heavy (non-hydrogen) atoms. The monoisotopic (exact) mass is 293 g/mol. The van der Waals surface area contributed by atoms with Gasteiger partial charge in [0, 0.05) is 6.42 Å². The number of rotatable bonds is 4. The molecule has 1 aliphatic heterocycles. The van der Waals surface area contributed by atoms with E-state index in [1.165, 1.54) is 7.11 Å². The Balaban J connectivity index is 1.98. The highest BCUT2D eigenvalue weighted by Gasteiger charge is 2.19. The summed E-state index contributed by atoms with van der Waals surface area (Å²) in [6.45, 7) is 0. The highest BCUT2D eigenvalue weighted by atomic mass is 32.2. The van der Waals surface area contributed by atoms with Crippen LogP contribution in [0.1, 0.15) is 29.6 Å². The van der Waals surface area contributed by atoms with Crippen molar-refractivity contribution in [3.63, 3.8) is 0 Å². The van der Waals surface area contributed by atoms with Gasteiger partial charge in [0.05, 0.1) is 18.4 Å². The molecule has 5 heteroatoms. The van der Waals surface area contributed by atoms with Gasteiger partial charge in [-0.25, -0.2) is 4.79 Å². The number of hydrogen-bond acceptors (Lipinski definition) is 4. The van der Waals surface area contributed by atoms with Crippen molar-refractivity contribution in [2.24, 2.45) is 5.92 Å². The van der Waals surface area contributed by atoms with E-state index >= 15 is 0 Å². The summed E-state index contributed by atoms with van der Waals surface area (Å²) in [5.74, 6) is 2.27. The number of carbonyl (C=O) groups excluding carboxylic acids is 2. The SMILES string of the molecule is COC(=O)c1ccccc1NC(=O)CC1CCSCC1. The van der Waals surface area contributed by atoms with Crippen molar-refractivity contribution in [2.45, 2.75) is 19.3 Å². The number of benzene rings is 1. The number of anilines is 1. The zero-order valence-corrected chi connectivity index (χ0v) is 12.4. The topological polar surface area (TPSA) is 55.4 Å². The van der Waals surface area contributed by atoms with Crippen LogP contribution in [0.25, 0.3) is 0 Å². The number of esters is 1. The van der Waals surface area contributed by atoms with Crippen molar-refractivity contribution >= 4 is 29.3 Å². The predicted octanol–water partition coefficient (Wildman–Crippen LogP) is 2.95. The van der Waals surface area contributed by atoms with E-state index in [9.17, 15) is 9.59 Å². The molecule has 0 spiro atoms. The summed E-state index contributed by atoms with van der Waals surface area (Å²) in [7, 11) is 1.33. The summed E-state index contributed by atoms with van der Waals surface area (Å²) in [5, 5.41) is 2.83. The van der Waals surface area contributed by atoms with Crippen LogP contribution in [0.2, 0.25) is 0 Å². The Morgan fingerprint density at radius 2 is 2.00 bits per heavy atom. The van der Waals surface area contributed by atoms with Gasteiger partial charge in [-0.1, -0.05) is 12.1 Å². The third kappa shape index (κ3) is 4.00. The van der Waals surface area contributed by atoms with Gasteiger partial charge in [-0.05, 0) is 42.4 Å². The number of thioether (sulfide) groups is 1. The molecular weight excluding hydrogens is 274 g/mol. The number of methoxy groups -OCH3 is 1. The highest BCUT2D eigenvalue weighted by molar-refractivity contribution is 7.99. The summed E-state index contributed by atoms with van der Waals surface area (Å²) in [5.41, 5.74) is 0.914. The number of para-hydroxylation sites is 1. The molecule has 1 fully saturated rings. The van der Waals surface area contributed by atoms with E-state index in [1.807, 2.05) is 11.8 Å². The first-order valence-electron chi connectivity index (χ1n) is 6.75. The molecule has 1 aromatic rings. The molecule has 0 atom stereocenters. The molecule has 1 aliphatic rings. The zero-order chi connectivity index (χ0) is 14.4. The van der Waals surface area contributed by atoms with Crippen LogP contribution in [0.3, 0.4) is 0 Å². The van der Waals surface area contributed by atoms with Crippen molar-refractivity contribution in [3.05, 3.63) is 29.8 Å². The highest BCUT2D eigenvalue weighted by Crippen LogP contribution is 2.26. The first-order valence-corrected chi connectivity index (χ1v) is 7.91. The van der Waals surface area contributed by atoms with Crippen LogP contribution in [-0.4, -0.2) is 30.5 Å². The van der Waals surface area contributed by atoms with Crippen LogP contribution in [0, 0.1) is 5.92 Å². The molecule has 2 rings (SSSR count). The average Bonchev–Trinajstić information content (AvgIpc) is 2.48. The molecule has 4 nitrogen and oxygen atoms in total. The lowest BCUT2D eigenvalue weighted by Crippen LogP contribution is -2.20. The second-order valence-corrected chi connectivity index (χ2v) is 6.07. The number of amides is 1. The van der Waals surface area contributed by atoms with E-state index in [-0.39, 0.29) is 5.91 Å². The summed E-state index contributed by atoms with van der Waals surface area (Å²) < 4.78 is 4.72. The average molecular weight is 293 g/mol. The maximum atomic E-state index is 12.1. The van der Waals surface area contributed by atoms with Gasteiger partial charge < -0.3 is 10.1 Å². The number of carbonyl (C=O) groups is 2. The van der Waals surface area contributed by atoms with Crippen LogP contribution in [-0.2, 0) is 9.53 Å². The Kier molecular flexibility index (Phi) is 5.47. The van der Waals surface area contributed by atoms with Crippen molar-refractivity contribution in [2.75, 3.05) is 23.9 Å². The van der Waals surface area contributed by atoms with Crippen LogP contribution < -0.4 is 5.32 Å². The van der Waals surface area contributed by atoms with E-state index in [0.717, 1.165) is 24.3 Å². The second kappa shape index (κ2) is 7.33. The number of ether oxygens (including phenoxy) is 1. The fourth-order valence-electron chi connectivity index (χ4n) is 2.29. The maximum absolute atomic E-state index is 12.1. The third-order valence-corrected chi connectivity index (χ3v) is 4.47. The molecule has 0 radical (unpaired) electrons. The number of hydrogen-bond donors (Lipinski definition) is 1. The molecular formula is C15H19NO3S. The first-order chi connectivity index (χ1) is 9.70. The van der Waals surface area contributed by atoms with E-state index in [2.05, 4.69) is 5.32 Å². The molecule has 0 unspecified atom stereocenters. The number of nitrogens with one attached hydrogen (secondary N) is 1. The predicted molar refractivity (Wildman–Crippen MR) is 81.1 cm³/mol. The fraction of sp³-hybridized carbons (Fsp3) is 0.467. The van der Waals surface area contributed by atoms with Gasteiger partial charge in [0.2, 0.25) is 5.91 Å². The molecule has 108 valence electrons. The zero-order valence-electron chi connectivity index (χ0n) is 11.6. The minimum absolute atomic E-state index is 0.0294. The lowest BCUT2D eigenvalue weighted by Gasteiger charge is -2.20. The minimum atomic E-state index is -0.435. The smallest absolute Gasteiger partial charge is 0.339 e. The van der Waals surface area contributed by atoms with Crippen LogP contribution in [0.15, 0.2) is 24.3 Å². The second-order valence-electron chi connectivity index (χ2n) is 4.85. The minimum Gasteiger partial charge on any atom is -0.465 e. The van der Waals surface area contributed by atoms with Crippen molar-refractivity contribution in [1.82, 2.24) is 0 Å². The summed E-state index contributed by atoms with van der Waals surface area (Å²) in [6.07, 6.45) is 2.71. The van der Waals surface area contributed by atoms with Crippen molar-refractivity contribution in [3.8, 4) is 0 Å². The van der Waals surface area contributed by atoms with E-state index in [1.54, 1.807) is 24.3 Å². The van der Waals surface area contributed by atoms with E-state index in [4.69, 9.17) is 4.74 Å². The van der Waals surface area contributed by atoms with Crippen molar-refractivity contribution < 1.29 is 14.3 Å². The first kappa shape index (κ1) is 14.9. The molecule has 1 aromatic carbocycles. The molecule has 1 amide bonds. The molecule has 0 bridgehead atoms. The van der Waals surface area contributed by atoms with Gasteiger partial charge in [-0.15, -0.1) is 0 Å². The third-order valence-electron chi connectivity index (χ3n) is 3.42. The van der Waals surface area contributed by atoms with Gasteiger partial charge in [0.1, 0.15) is 0 Å². The van der Waals surface area contributed by atoms with E-state index in [0.29, 0.717) is 23.6 Å². The molecule has 0 saturated carbocycles. The standard InChI is InChI=1S/C15H19NO3S/c1-19-15(18)12-4-2-3-5-13(12)16-14(17)10-11-6-8-20-9-7-11/h2-5,11H,6-10H2,1H3,(H,16,17). The lowest BCUT2D eigenvalue weighted by atomic mass is 9.98. The van der Waals surface area contributed by atoms with Gasteiger partial charge >= 0.3 is 5.97 Å². The fourth-order valence-corrected chi connectivity index (χ4v) is 3.50. The maximum Gasteiger partial charge on any atom is 0.339 e. The van der Waals surface area contributed by atoms with Gasteiger partial charge in [0.25, 0.3) is 0 Å². The molecule has 1 N–H and O–H groups in total.